The maximum atomic E-state index is 12.6. The number of esters is 1. The number of rotatable bonds is 6. The molecule has 0 spiro atoms. The first-order valence-electron chi connectivity index (χ1n) is 9.18. The van der Waals surface area contributed by atoms with Crippen molar-refractivity contribution in [3.8, 4) is 5.75 Å². The molecule has 0 saturated heterocycles. The summed E-state index contributed by atoms with van der Waals surface area (Å²) in [5.74, 6) is -0.250. The van der Waals surface area contributed by atoms with Gasteiger partial charge in [0.15, 0.2) is 0 Å². The first-order chi connectivity index (χ1) is 12.8. The maximum absolute atomic E-state index is 12.6. The molecule has 0 radical (unpaired) electrons. The molecule has 1 aliphatic heterocycles. The average Bonchev–Trinajstić information content (AvgIpc) is 2.94. The van der Waals surface area contributed by atoms with Crippen molar-refractivity contribution in [3.05, 3.63) is 64.2 Å². The van der Waals surface area contributed by atoms with E-state index in [0.717, 1.165) is 16.9 Å². The van der Waals surface area contributed by atoms with Crippen LogP contribution in [0.25, 0.3) is 0 Å². The van der Waals surface area contributed by atoms with Crippen LogP contribution in [-0.2, 0) is 21.4 Å². The van der Waals surface area contributed by atoms with Gasteiger partial charge in [-0.2, -0.15) is 0 Å². The van der Waals surface area contributed by atoms with E-state index in [9.17, 15) is 9.90 Å². The summed E-state index contributed by atoms with van der Waals surface area (Å²) in [4.78, 5) is 12.6. The van der Waals surface area contributed by atoms with Crippen LogP contribution in [0.5, 0.6) is 5.75 Å². The van der Waals surface area contributed by atoms with E-state index in [4.69, 9.17) is 21.1 Å². The summed E-state index contributed by atoms with van der Waals surface area (Å²) in [5.41, 5.74) is 2.62. The predicted octanol–water partition coefficient (Wildman–Crippen LogP) is 4.47. The molecule has 1 aliphatic rings. The van der Waals surface area contributed by atoms with Gasteiger partial charge >= 0.3 is 5.97 Å². The third-order valence-corrected chi connectivity index (χ3v) is 5.21. The summed E-state index contributed by atoms with van der Waals surface area (Å²) >= 11 is 6.05. The number of ether oxygens (including phenoxy) is 2. The molecule has 2 atom stereocenters. The van der Waals surface area contributed by atoms with Crippen molar-refractivity contribution in [2.75, 3.05) is 13.2 Å². The molecule has 1 heterocycles. The zero-order valence-corrected chi connectivity index (χ0v) is 16.6. The quantitative estimate of drug-likeness (QED) is 0.742. The van der Waals surface area contributed by atoms with Crippen LogP contribution in [0.4, 0.5) is 0 Å². The van der Waals surface area contributed by atoms with Gasteiger partial charge in [0.2, 0.25) is 0 Å². The monoisotopic (exact) mass is 388 g/mol. The lowest BCUT2D eigenvalue weighted by atomic mass is 9.84. The molecule has 4 nitrogen and oxygen atoms in total. The van der Waals surface area contributed by atoms with E-state index in [0.29, 0.717) is 23.6 Å². The Morgan fingerprint density at radius 1 is 1.30 bits per heavy atom. The lowest BCUT2D eigenvalue weighted by Crippen LogP contribution is -2.27. The molecule has 2 aromatic rings. The van der Waals surface area contributed by atoms with Crippen LogP contribution in [0.3, 0.4) is 0 Å². The van der Waals surface area contributed by atoms with E-state index in [2.05, 4.69) is 19.9 Å². The number of hydrogen-bond acceptors (Lipinski definition) is 4. The number of fused-ring (bicyclic) bond motifs is 1. The van der Waals surface area contributed by atoms with E-state index in [1.165, 1.54) is 0 Å². The second-order valence-corrected chi connectivity index (χ2v) is 8.00. The van der Waals surface area contributed by atoms with Crippen molar-refractivity contribution in [1.82, 2.24) is 0 Å². The molecule has 2 aromatic carbocycles. The molecule has 2 unspecified atom stereocenters. The smallest absolute Gasteiger partial charge is 0.312 e. The number of halogens is 1. The largest absolute Gasteiger partial charge is 0.492 e. The van der Waals surface area contributed by atoms with Gasteiger partial charge in [0.25, 0.3) is 0 Å². The van der Waals surface area contributed by atoms with Gasteiger partial charge in [-0.1, -0.05) is 49.7 Å². The summed E-state index contributed by atoms with van der Waals surface area (Å²) in [7, 11) is 0. The Labute approximate surface area is 165 Å². The third-order valence-electron chi connectivity index (χ3n) is 4.98. The van der Waals surface area contributed by atoms with E-state index in [1.54, 1.807) is 31.2 Å². The number of hydrogen-bond donors (Lipinski definition) is 1. The summed E-state index contributed by atoms with van der Waals surface area (Å²) in [6, 6.07) is 12.9. The van der Waals surface area contributed by atoms with Crippen molar-refractivity contribution < 1.29 is 19.4 Å². The highest BCUT2D eigenvalue weighted by atomic mass is 35.5. The Hall–Kier alpha value is -2.04. The van der Waals surface area contributed by atoms with Gasteiger partial charge in [-0.15, -0.1) is 0 Å². The van der Waals surface area contributed by atoms with Crippen LogP contribution in [0, 0.1) is 5.92 Å². The minimum absolute atomic E-state index is 0.0731. The normalized spacial score (nSPS) is 16.9. The van der Waals surface area contributed by atoms with Gasteiger partial charge in [0.05, 0.1) is 25.2 Å². The molecule has 0 amide bonds. The van der Waals surface area contributed by atoms with Crippen molar-refractivity contribution in [2.24, 2.45) is 5.92 Å². The highest BCUT2D eigenvalue weighted by Crippen LogP contribution is 2.39. The van der Waals surface area contributed by atoms with Crippen molar-refractivity contribution in [2.45, 2.75) is 38.7 Å². The predicted molar refractivity (Wildman–Crippen MR) is 105 cm³/mol. The summed E-state index contributed by atoms with van der Waals surface area (Å²) in [5, 5.41) is 11.4. The number of benzene rings is 2. The summed E-state index contributed by atoms with van der Waals surface area (Å²) in [6.07, 6.45) is -0.629. The average molecular weight is 389 g/mol. The molecule has 5 heteroatoms. The van der Waals surface area contributed by atoms with Crippen molar-refractivity contribution >= 4 is 17.6 Å². The first kappa shape index (κ1) is 19.7. The summed E-state index contributed by atoms with van der Waals surface area (Å²) < 4.78 is 11.0. The molecule has 0 aliphatic carbocycles. The van der Waals surface area contributed by atoms with Gasteiger partial charge in [-0.3, -0.25) is 4.79 Å². The maximum Gasteiger partial charge on any atom is 0.312 e. The number of carbonyl (C=O) groups excluding carboxylic acids is 1. The molecular weight excluding hydrogens is 364 g/mol. The van der Waals surface area contributed by atoms with E-state index in [-0.39, 0.29) is 12.0 Å². The Morgan fingerprint density at radius 2 is 2.07 bits per heavy atom. The van der Waals surface area contributed by atoms with Gasteiger partial charge in [0.1, 0.15) is 5.75 Å². The second kappa shape index (κ2) is 7.91. The SMILES string of the molecule is CCOC(=O)C(Cc1ccc2c(c1)C(C)(C)CO2)C(O)c1cccc(Cl)c1. The molecule has 3 rings (SSSR count). The van der Waals surface area contributed by atoms with Crippen molar-refractivity contribution in [1.29, 1.82) is 0 Å². The standard InChI is InChI=1S/C22H25ClO4/c1-4-26-21(25)17(20(24)15-6-5-7-16(23)12-15)10-14-8-9-19-18(11-14)22(2,3)13-27-19/h5-9,11-12,17,20,24H,4,10,13H2,1-3H3. The Kier molecular flexibility index (Phi) is 5.78. The zero-order valence-electron chi connectivity index (χ0n) is 15.9. The number of aliphatic hydroxyl groups excluding tert-OH is 1. The van der Waals surface area contributed by atoms with E-state index in [1.807, 2.05) is 12.1 Å². The minimum Gasteiger partial charge on any atom is -0.492 e. The Balaban J connectivity index is 1.90. The van der Waals surface area contributed by atoms with Crippen LogP contribution < -0.4 is 4.74 Å². The van der Waals surface area contributed by atoms with Crippen LogP contribution in [0.2, 0.25) is 5.02 Å². The Morgan fingerprint density at radius 3 is 2.78 bits per heavy atom. The fourth-order valence-electron chi connectivity index (χ4n) is 3.44. The molecule has 144 valence electrons. The van der Waals surface area contributed by atoms with Crippen LogP contribution >= 0.6 is 11.6 Å². The number of aliphatic hydroxyl groups is 1. The van der Waals surface area contributed by atoms with Crippen LogP contribution in [0.15, 0.2) is 42.5 Å². The third kappa shape index (κ3) is 4.28. The molecule has 0 saturated carbocycles. The first-order valence-corrected chi connectivity index (χ1v) is 9.56. The highest BCUT2D eigenvalue weighted by molar-refractivity contribution is 6.30. The van der Waals surface area contributed by atoms with E-state index < -0.39 is 18.0 Å². The van der Waals surface area contributed by atoms with Crippen LogP contribution in [-0.4, -0.2) is 24.3 Å². The lowest BCUT2D eigenvalue weighted by Gasteiger charge is -2.23. The highest BCUT2D eigenvalue weighted by Gasteiger charge is 2.34. The lowest BCUT2D eigenvalue weighted by molar-refractivity contribution is -0.152. The summed E-state index contributed by atoms with van der Waals surface area (Å²) in [6.45, 7) is 6.93. The molecule has 27 heavy (non-hydrogen) atoms. The van der Waals surface area contributed by atoms with Gasteiger partial charge in [-0.25, -0.2) is 0 Å². The van der Waals surface area contributed by atoms with Gasteiger partial charge in [0, 0.05) is 16.0 Å². The van der Waals surface area contributed by atoms with Crippen LogP contribution in [0.1, 0.15) is 43.6 Å². The fraction of sp³-hybridized carbons (Fsp3) is 0.409. The molecular formula is C22H25ClO4. The number of carbonyl (C=O) groups is 1. The Bertz CT molecular complexity index is 831. The molecule has 0 bridgehead atoms. The van der Waals surface area contributed by atoms with Gasteiger partial charge < -0.3 is 14.6 Å². The molecule has 0 fully saturated rings. The minimum atomic E-state index is -1.000. The van der Waals surface area contributed by atoms with Gasteiger partial charge in [-0.05, 0) is 42.7 Å². The fourth-order valence-corrected chi connectivity index (χ4v) is 3.64. The molecule has 0 aromatic heterocycles. The molecule has 1 N–H and O–H groups in total. The van der Waals surface area contributed by atoms with Crippen molar-refractivity contribution in [3.63, 3.8) is 0 Å². The zero-order chi connectivity index (χ0) is 19.6. The topological polar surface area (TPSA) is 55.8 Å². The van der Waals surface area contributed by atoms with E-state index >= 15 is 0 Å². The second-order valence-electron chi connectivity index (χ2n) is 7.57.